The van der Waals surface area contributed by atoms with Crippen LogP contribution in [0.4, 0.5) is 4.79 Å². The van der Waals surface area contributed by atoms with E-state index in [2.05, 4.69) is 17.0 Å². The zero-order chi connectivity index (χ0) is 18.0. The Bertz CT molecular complexity index is 655. The maximum Gasteiger partial charge on any atom is 0.509 e. The second-order valence-electron chi connectivity index (χ2n) is 7.62. The highest BCUT2D eigenvalue weighted by atomic mass is 16.8. The quantitative estimate of drug-likeness (QED) is 0.777. The number of likely N-dealkylation sites (tertiary alicyclic amines) is 2. The van der Waals surface area contributed by atoms with Crippen LogP contribution < -0.4 is 0 Å². The van der Waals surface area contributed by atoms with E-state index in [0.29, 0.717) is 32.5 Å². The minimum absolute atomic E-state index is 0.0413. The fraction of sp³-hybridized carbons (Fsp3) is 0.600. The van der Waals surface area contributed by atoms with Gasteiger partial charge in [-0.3, -0.25) is 9.69 Å². The van der Waals surface area contributed by atoms with Crippen molar-refractivity contribution < 1.29 is 19.1 Å². The lowest BCUT2D eigenvalue weighted by Crippen LogP contribution is -2.55. The van der Waals surface area contributed by atoms with Gasteiger partial charge in [-0.25, -0.2) is 4.79 Å². The van der Waals surface area contributed by atoms with E-state index >= 15 is 0 Å². The van der Waals surface area contributed by atoms with Gasteiger partial charge < -0.3 is 14.4 Å². The first kappa shape index (κ1) is 17.3. The second kappa shape index (κ2) is 7.27. The summed E-state index contributed by atoms with van der Waals surface area (Å²) >= 11 is 0. The Morgan fingerprint density at radius 3 is 2.58 bits per heavy atom. The highest BCUT2D eigenvalue weighted by Gasteiger charge is 2.46. The molecule has 0 saturated carbocycles. The Morgan fingerprint density at radius 2 is 1.88 bits per heavy atom. The lowest BCUT2D eigenvalue weighted by molar-refractivity contribution is -0.142. The van der Waals surface area contributed by atoms with Crippen molar-refractivity contribution >= 4 is 12.1 Å². The molecule has 3 aliphatic rings. The van der Waals surface area contributed by atoms with Crippen LogP contribution in [0, 0.1) is 0 Å². The Labute approximate surface area is 154 Å². The van der Waals surface area contributed by atoms with E-state index in [9.17, 15) is 9.59 Å². The molecule has 6 heteroatoms. The summed E-state index contributed by atoms with van der Waals surface area (Å²) in [5, 5.41) is 0. The molecule has 4 rings (SSSR count). The number of amides is 1. The van der Waals surface area contributed by atoms with Crippen LogP contribution in [0.25, 0.3) is 0 Å². The third kappa shape index (κ3) is 3.56. The maximum absolute atomic E-state index is 13.2. The topological polar surface area (TPSA) is 59.1 Å². The summed E-state index contributed by atoms with van der Waals surface area (Å²) in [4.78, 5) is 28.7. The maximum atomic E-state index is 13.2. The van der Waals surface area contributed by atoms with Gasteiger partial charge in [0.2, 0.25) is 5.91 Å². The number of ether oxygens (including phenoxy) is 2. The van der Waals surface area contributed by atoms with Crippen molar-refractivity contribution in [2.24, 2.45) is 0 Å². The smallest absolute Gasteiger partial charge is 0.430 e. The van der Waals surface area contributed by atoms with Crippen LogP contribution in [0.3, 0.4) is 0 Å². The van der Waals surface area contributed by atoms with E-state index in [0.717, 1.165) is 32.4 Å². The lowest BCUT2D eigenvalue weighted by atomic mass is 9.91. The molecule has 1 aromatic carbocycles. The van der Waals surface area contributed by atoms with Crippen LogP contribution in [-0.4, -0.2) is 59.7 Å². The van der Waals surface area contributed by atoms with Crippen molar-refractivity contribution in [2.45, 2.75) is 50.3 Å². The van der Waals surface area contributed by atoms with Gasteiger partial charge in [0.15, 0.2) is 5.60 Å². The van der Waals surface area contributed by atoms with Crippen LogP contribution in [0.2, 0.25) is 0 Å². The van der Waals surface area contributed by atoms with Gasteiger partial charge in [-0.05, 0) is 24.9 Å². The molecule has 0 aliphatic carbocycles. The number of hydrogen-bond acceptors (Lipinski definition) is 5. The van der Waals surface area contributed by atoms with Crippen molar-refractivity contribution in [2.75, 3.05) is 26.2 Å². The van der Waals surface area contributed by atoms with Gasteiger partial charge in [0.05, 0.1) is 6.04 Å². The molecule has 1 aromatic rings. The van der Waals surface area contributed by atoms with Crippen LogP contribution in [0.5, 0.6) is 0 Å². The van der Waals surface area contributed by atoms with Crippen molar-refractivity contribution in [3.63, 3.8) is 0 Å². The molecule has 3 fully saturated rings. The molecule has 6 nitrogen and oxygen atoms in total. The predicted molar refractivity (Wildman–Crippen MR) is 95.5 cm³/mol. The van der Waals surface area contributed by atoms with E-state index in [4.69, 9.17) is 9.47 Å². The molecular weight excluding hydrogens is 332 g/mol. The number of cyclic esters (lactones) is 1. The van der Waals surface area contributed by atoms with Gasteiger partial charge in [-0.2, -0.15) is 0 Å². The minimum atomic E-state index is -0.578. The fourth-order valence-electron chi connectivity index (χ4n) is 4.30. The molecule has 0 radical (unpaired) electrons. The van der Waals surface area contributed by atoms with Crippen molar-refractivity contribution in [1.82, 2.24) is 9.80 Å². The molecule has 0 aromatic heterocycles. The summed E-state index contributed by atoms with van der Waals surface area (Å²) in [6.07, 6.45) is 3.92. The number of carbonyl (C=O) groups is 2. The highest BCUT2D eigenvalue weighted by Crippen LogP contribution is 2.32. The van der Waals surface area contributed by atoms with Gasteiger partial charge in [0.25, 0.3) is 0 Å². The largest absolute Gasteiger partial charge is 0.509 e. The molecular formula is C20H26N2O4. The summed E-state index contributed by atoms with van der Waals surface area (Å²) in [5.41, 5.74) is 0.740. The number of benzene rings is 1. The third-order valence-electron chi connectivity index (χ3n) is 5.87. The number of carbonyl (C=O) groups excluding carboxylic acids is 2. The summed E-state index contributed by atoms with van der Waals surface area (Å²) < 4.78 is 10.3. The molecule has 26 heavy (non-hydrogen) atoms. The van der Waals surface area contributed by atoms with Gasteiger partial charge in [0.1, 0.15) is 6.61 Å². The number of rotatable bonds is 3. The number of piperidine rings is 2. The SMILES string of the molecule is O=C1OCC2(CCN(C(=O)C3CCCCN3Cc3ccccc3)CC2)O1. The average Bonchev–Trinajstić information content (AvgIpc) is 3.03. The molecule has 0 bridgehead atoms. The van der Waals surface area contributed by atoms with E-state index in [1.54, 1.807) is 0 Å². The van der Waals surface area contributed by atoms with Crippen LogP contribution >= 0.6 is 0 Å². The van der Waals surface area contributed by atoms with Crippen LogP contribution in [0.1, 0.15) is 37.7 Å². The summed E-state index contributed by atoms with van der Waals surface area (Å²) in [7, 11) is 0. The molecule has 0 N–H and O–H groups in total. The van der Waals surface area contributed by atoms with Gasteiger partial charge >= 0.3 is 6.16 Å². The Morgan fingerprint density at radius 1 is 1.12 bits per heavy atom. The molecule has 140 valence electrons. The third-order valence-corrected chi connectivity index (χ3v) is 5.87. The van der Waals surface area contributed by atoms with Crippen molar-refractivity contribution in [3.05, 3.63) is 35.9 Å². The molecule has 3 saturated heterocycles. The molecule has 1 atom stereocenters. The number of nitrogens with zero attached hydrogens (tertiary/aromatic N) is 2. The first-order valence-electron chi connectivity index (χ1n) is 9.58. The molecule has 1 unspecified atom stereocenters. The molecule has 1 spiro atoms. The van der Waals surface area contributed by atoms with Gasteiger partial charge in [0, 0.05) is 32.5 Å². The van der Waals surface area contributed by atoms with Crippen LogP contribution in [0.15, 0.2) is 30.3 Å². The van der Waals surface area contributed by atoms with E-state index in [1.165, 1.54) is 5.56 Å². The van der Waals surface area contributed by atoms with Crippen LogP contribution in [-0.2, 0) is 20.8 Å². The standard InChI is InChI=1S/C20H26N2O4/c23-18(21-12-9-20(10-13-21)15-25-19(24)26-20)17-8-4-5-11-22(17)14-16-6-2-1-3-7-16/h1-3,6-7,17H,4-5,8-15H2. The zero-order valence-electron chi connectivity index (χ0n) is 15.1. The Balaban J connectivity index is 1.39. The first-order valence-corrected chi connectivity index (χ1v) is 9.58. The van der Waals surface area contributed by atoms with Gasteiger partial charge in [-0.1, -0.05) is 36.8 Å². The van der Waals surface area contributed by atoms with E-state index in [-0.39, 0.29) is 11.9 Å². The average molecular weight is 358 g/mol. The minimum Gasteiger partial charge on any atom is -0.430 e. The normalized spacial score (nSPS) is 25.8. The fourth-order valence-corrected chi connectivity index (χ4v) is 4.30. The van der Waals surface area contributed by atoms with Gasteiger partial charge in [-0.15, -0.1) is 0 Å². The Hall–Kier alpha value is -2.08. The Kier molecular flexibility index (Phi) is 4.85. The summed E-state index contributed by atoms with van der Waals surface area (Å²) in [6, 6.07) is 10.3. The summed E-state index contributed by atoms with van der Waals surface area (Å²) in [5.74, 6) is 0.223. The zero-order valence-corrected chi connectivity index (χ0v) is 15.1. The van der Waals surface area contributed by atoms with Crippen molar-refractivity contribution in [3.8, 4) is 0 Å². The van der Waals surface area contributed by atoms with Crippen molar-refractivity contribution in [1.29, 1.82) is 0 Å². The predicted octanol–water partition coefficient (Wildman–Crippen LogP) is 2.57. The second-order valence-corrected chi connectivity index (χ2v) is 7.62. The molecule has 3 heterocycles. The highest BCUT2D eigenvalue weighted by molar-refractivity contribution is 5.82. The molecule has 3 aliphatic heterocycles. The number of hydrogen-bond donors (Lipinski definition) is 0. The molecule has 1 amide bonds. The van der Waals surface area contributed by atoms with E-state index < -0.39 is 11.8 Å². The lowest BCUT2D eigenvalue weighted by Gasteiger charge is -2.41. The monoisotopic (exact) mass is 358 g/mol. The van der Waals surface area contributed by atoms with E-state index in [1.807, 2.05) is 23.1 Å². The summed E-state index contributed by atoms with van der Waals surface area (Å²) in [6.45, 7) is 3.36. The first-order chi connectivity index (χ1) is 12.7.